The molecule has 1 aromatic rings. The Hall–Kier alpha value is -1.82. The first kappa shape index (κ1) is 10.7. The smallest absolute Gasteiger partial charge is 0.251 e. The van der Waals surface area contributed by atoms with Crippen molar-refractivity contribution in [2.75, 3.05) is 18.8 Å². The van der Waals surface area contributed by atoms with Crippen molar-refractivity contribution in [3.63, 3.8) is 0 Å². The SMILES string of the molecule is Nc1ccc(=O)n(CC(=O)N2CC(O)C2)c1. The van der Waals surface area contributed by atoms with Gasteiger partial charge in [0, 0.05) is 31.0 Å². The summed E-state index contributed by atoms with van der Waals surface area (Å²) in [4.78, 5) is 24.5. The number of aliphatic hydroxyl groups is 1. The highest BCUT2D eigenvalue weighted by molar-refractivity contribution is 5.77. The summed E-state index contributed by atoms with van der Waals surface area (Å²) in [6, 6.07) is 2.82. The molecule has 0 aliphatic carbocycles. The van der Waals surface area contributed by atoms with Gasteiger partial charge in [0.05, 0.1) is 6.10 Å². The van der Waals surface area contributed by atoms with Gasteiger partial charge in [-0.2, -0.15) is 0 Å². The summed E-state index contributed by atoms with van der Waals surface area (Å²) < 4.78 is 1.27. The molecule has 1 saturated heterocycles. The molecular weight excluding hydrogens is 210 g/mol. The number of nitrogens with zero attached hydrogens (tertiary/aromatic N) is 2. The van der Waals surface area contributed by atoms with E-state index >= 15 is 0 Å². The number of carbonyl (C=O) groups is 1. The van der Waals surface area contributed by atoms with E-state index in [2.05, 4.69) is 0 Å². The van der Waals surface area contributed by atoms with Gasteiger partial charge in [0.2, 0.25) is 5.91 Å². The minimum Gasteiger partial charge on any atom is -0.398 e. The van der Waals surface area contributed by atoms with Gasteiger partial charge in [-0.25, -0.2) is 0 Å². The first-order valence-corrected chi connectivity index (χ1v) is 4.98. The molecule has 0 unspecified atom stereocenters. The van der Waals surface area contributed by atoms with E-state index in [4.69, 9.17) is 10.8 Å². The van der Waals surface area contributed by atoms with Gasteiger partial charge >= 0.3 is 0 Å². The van der Waals surface area contributed by atoms with Crippen LogP contribution in [-0.2, 0) is 11.3 Å². The van der Waals surface area contributed by atoms with E-state index < -0.39 is 6.10 Å². The fourth-order valence-electron chi connectivity index (χ4n) is 1.58. The maximum atomic E-state index is 11.6. The van der Waals surface area contributed by atoms with E-state index in [0.717, 1.165) is 0 Å². The monoisotopic (exact) mass is 223 g/mol. The second-order valence-electron chi connectivity index (χ2n) is 3.88. The molecule has 0 spiro atoms. The standard InChI is InChI=1S/C10H13N3O3/c11-7-1-2-9(15)12(3-7)6-10(16)13-4-8(14)5-13/h1-3,8,14H,4-6,11H2. The Morgan fingerprint density at radius 2 is 2.19 bits per heavy atom. The number of pyridine rings is 1. The Balaban J connectivity index is 2.06. The molecule has 1 aliphatic rings. The third-order valence-corrected chi connectivity index (χ3v) is 2.53. The van der Waals surface area contributed by atoms with Crippen molar-refractivity contribution in [2.45, 2.75) is 12.6 Å². The van der Waals surface area contributed by atoms with Crippen molar-refractivity contribution in [2.24, 2.45) is 0 Å². The second-order valence-corrected chi connectivity index (χ2v) is 3.88. The minimum atomic E-state index is -0.429. The minimum absolute atomic E-state index is 0.0312. The summed E-state index contributed by atoms with van der Waals surface area (Å²) in [7, 11) is 0. The quantitative estimate of drug-likeness (QED) is 0.647. The Kier molecular flexibility index (Phi) is 2.66. The van der Waals surface area contributed by atoms with E-state index in [1.807, 2.05) is 0 Å². The van der Waals surface area contributed by atoms with Crippen LogP contribution in [0.5, 0.6) is 0 Å². The number of hydrogen-bond acceptors (Lipinski definition) is 4. The van der Waals surface area contributed by atoms with Crippen LogP contribution in [0.3, 0.4) is 0 Å². The lowest BCUT2D eigenvalue weighted by molar-refractivity contribution is -0.141. The van der Waals surface area contributed by atoms with Crippen LogP contribution in [0.25, 0.3) is 0 Å². The number of anilines is 1. The first-order chi connectivity index (χ1) is 7.56. The molecule has 1 fully saturated rings. The van der Waals surface area contributed by atoms with Crippen LogP contribution in [0, 0.1) is 0 Å². The number of nitrogen functional groups attached to an aromatic ring is 1. The maximum Gasteiger partial charge on any atom is 0.251 e. The largest absolute Gasteiger partial charge is 0.398 e. The van der Waals surface area contributed by atoms with E-state index in [1.54, 1.807) is 0 Å². The third-order valence-electron chi connectivity index (χ3n) is 2.53. The Bertz CT molecular complexity index is 463. The number of β-amino-alcohol motifs (C(OH)–C–C–N with tert-alkyl or cyclic N) is 1. The highest BCUT2D eigenvalue weighted by atomic mass is 16.3. The zero-order valence-electron chi connectivity index (χ0n) is 8.67. The first-order valence-electron chi connectivity index (χ1n) is 4.98. The Labute approximate surface area is 91.9 Å². The van der Waals surface area contributed by atoms with Crippen molar-refractivity contribution in [3.8, 4) is 0 Å². The lowest BCUT2D eigenvalue weighted by Gasteiger charge is -2.35. The van der Waals surface area contributed by atoms with E-state index in [0.29, 0.717) is 18.8 Å². The van der Waals surface area contributed by atoms with E-state index in [1.165, 1.54) is 27.8 Å². The van der Waals surface area contributed by atoms with Gasteiger partial charge < -0.3 is 20.3 Å². The predicted molar refractivity (Wildman–Crippen MR) is 57.7 cm³/mol. The number of likely N-dealkylation sites (tertiary alicyclic amines) is 1. The highest BCUT2D eigenvalue weighted by Crippen LogP contribution is 2.08. The molecule has 86 valence electrons. The molecule has 2 rings (SSSR count). The van der Waals surface area contributed by atoms with E-state index in [-0.39, 0.29) is 18.0 Å². The number of amides is 1. The summed E-state index contributed by atoms with van der Waals surface area (Å²) in [5, 5.41) is 9.05. The summed E-state index contributed by atoms with van der Waals surface area (Å²) in [6.07, 6.45) is 1.01. The highest BCUT2D eigenvalue weighted by Gasteiger charge is 2.28. The summed E-state index contributed by atoms with van der Waals surface area (Å²) >= 11 is 0. The molecule has 0 aromatic carbocycles. The average molecular weight is 223 g/mol. The fraction of sp³-hybridized carbons (Fsp3) is 0.400. The van der Waals surface area contributed by atoms with Crippen molar-refractivity contribution in [1.29, 1.82) is 0 Å². The third kappa shape index (κ3) is 2.06. The average Bonchev–Trinajstić information content (AvgIpc) is 2.19. The maximum absolute atomic E-state index is 11.6. The topological polar surface area (TPSA) is 88.6 Å². The molecule has 0 bridgehead atoms. The fourth-order valence-corrected chi connectivity index (χ4v) is 1.58. The lowest BCUT2D eigenvalue weighted by Crippen LogP contribution is -2.54. The molecule has 2 heterocycles. The number of aromatic nitrogens is 1. The van der Waals surface area contributed by atoms with Gasteiger partial charge in [-0.15, -0.1) is 0 Å². The van der Waals surface area contributed by atoms with Crippen molar-refractivity contribution < 1.29 is 9.90 Å². The molecule has 0 atom stereocenters. The normalized spacial score (nSPS) is 15.9. The molecule has 0 saturated carbocycles. The zero-order valence-corrected chi connectivity index (χ0v) is 8.67. The van der Waals surface area contributed by atoms with Crippen LogP contribution >= 0.6 is 0 Å². The van der Waals surface area contributed by atoms with Crippen molar-refractivity contribution >= 4 is 11.6 Å². The van der Waals surface area contributed by atoms with Gasteiger partial charge in [-0.1, -0.05) is 0 Å². The number of carbonyl (C=O) groups excluding carboxylic acids is 1. The van der Waals surface area contributed by atoms with Crippen LogP contribution < -0.4 is 11.3 Å². The predicted octanol–water partition coefficient (Wildman–Crippen LogP) is -1.37. The van der Waals surface area contributed by atoms with Gasteiger partial charge in [-0.05, 0) is 6.07 Å². The molecule has 0 radical (unpaired) electrons. The molecule has 1 aliphatic heterocycles. The van der Waals surface area contributed by atoms with Crippen LogP contribution in [0.4, 0.5) is 5.69 Å². The van der Waals surface area contributed by atoms with Crippen molar-refractivity contribution in [1.82, 2.24) is 9.47 Å². The number of aliphatic hydroxyl groups excluding tert-OH is 1. The lowest BCUT2D eigenvalue weighted by atomic mass is 10.2. The number of rotatable bonds is 2. The molecule has 1 amide bonds. The Morgan fingerprint density at radius 1 is 1.50 bits per heavy atom. The van der Waals surface area contributed by atoms with Crippen molar-refractivity contribution in [3.05, 3.63) is 28.7 Å². The molecule has 3 N–H and O–H groups in total. The van der Waals surface area contributed by atoms with Crippen LogP contribution in [0.1, 0.15) is 0 Å². The summed E-state index contributed by atoms with van der Waals surface area (Å²) in [5.41, 5.74) is 5.70. The van der Waals surface area contributed by atoms with Gasteiger partial charge in [0.25, 0.3) is 5.56 Å². The van der Waals surface area contributed by atoms with Gasteiger partial charge in [0.15, 0.2) is 0 Å². The number of hydrogen-bond donors (Lipinski definition) is 2. The molecular formula is C10H13N3O3. The van der Waals surface area contributed by atoms with Gasteiger partial charge in [-0.3, -0.25) is 9.59 Å². The number of nitrogens with two attached hydrogens (primary N) is 1. The molecule has 1 aromatic heterocycles. The van der Waals surface area contributed by atoms with Gasteiger partial charge in [0.1, 0.15) is 6.54 Å². The zero-order chi connectivity index (χ0) is 11.7. The van der Waals surface area contributed by atoms with Crippen LogP contribution in [-0.4, -0.2) is 39.7 Å². The summed E-state index contributed by atoms with van der Waals surface area (Å²) in [5.74, 6) is -0.182. The Morgan fingerprint density at radius 3 is 2.81 bits per heavy atom. The molecule has 6 nitrogen and oxygen atoms in total. The van der Waals surface area contributed by atoms with Crippen LogP contribution in [0.2, 0.25) is 0 Å². The molecule has 6 heteroatoms. The van der Waals surface area contributed by atoms with Crippen LogP contribution in [0.15, 0.2) is 23.1 Å². The second kappa shape index (κ2) is 3.97. The summed E-state index contributed by atoms with van der Waals surface area (Å²) in [6.45, 7) is 0.655. The van der Waals surface area contributed by atoms with E-state index in [9.17, 15) is 9.59 Å². The molecule has 16 heavy (non-hydrogen) atoms.